The van der Waals surface area contributed by atoms with E-state index in [4.69, 9.17) is 10.3 Å². The van der Waals surface area contributed by atoms with Crippen molar-refractivity contribution < 1.29 is 9.32 Å². The Balaban J connectivity index is 1.93. The fraction of sp³-hybridized carbons (Fsp3) is 0.650. The van der Waals surface area contributed by atoms with Crippen LogP contribution in [0.4, 0.5) is 0 Å². The van der Waals surface area contributed by atoms with Gasteiger partial charge in [0.05, 0.1) is 16.6 Å². The molecule has 2 aromatic rings. The van der Waals surface area contributed by atoms with Crippen LogP contribution in [-0.4, -0.2) is 40.6 Å². The molecule has 1 saturated carbocycles. The summed E-state index contributed by atoms with van der Waals surface area (Å²) in [4.78, 5) is 19.6. The van der Waals surface area contributed by atoms with Gasteiger partial charge in [0.1, 0.15) is 0 Å². The Hall–Kier alpha value is -1.95. The zero-order chi connectivity index (χ0) is 19.0. The van der Waals surface area contributed by atoms with E-state index in [2.05, 4.69) is 24.0 Å². The molecule has 0 aliphatic heterocycles. The summed E-state index contributed by atoms with van der Waals surface area (Å²) in [5.41, 5.74) is 9.02. The van der Waals surface area contributed by atoms with Crippen LogP contribution in [0, 0.1) is 5.92 Å². The van der Waals surface area contributed by atoms with Crippen molar-refractivity contribution in [1.82, 2.24) is 15.0 Å². The van der Waals surface area contributed by atoms with Crippen LogP contribution in [0.25, 0.3) is 11.1 Å². The number of carbonyl (C=O) groups excluding carboxylic acids is 1. The first kappa shape index (κ1) is 18.8. The number of aromatic nitrogens is 2. The topological polar surface area (TPSA) is 85.2 Å². The maximum atomic E-state index is 13.2. The lowest BCUT2D eigenvalue weighted by atomic mass is 10.00. The maximum Gasteiger partial charge on any atom is 0.259 e. The van der Waals surface area contributed by atoms with Crippen LogP contribution in [0.5, 0.6) is 0 Å². The number of amides is 1. The first-order valence-corrected chi connectivity index (χ1v) is 9.60. The monoisotopic (exact) mass is 358 g/mol. The number of nitrogens with zero attached hydrogens (tertiary/aromatic N) is 3. The average Bonchev–Trinajstić information content (AvgIpc) is 3.36. The van der Waals surface area contributed by atoms with E-state index in [1.54, 1.807) is 4.90 Å². The summed E-state index contributed by atoms with van der Waals surface area (Å²) in [7, 11) is 1.83. The Labute approximate surface area is 155 Å². The van der Waals surface area contributed by atoms with E-state index in [0.29, 0.717) is 29.7 Å². The Kier molecular flexibility index (Phi) is 5.32. The van der Waals surface area contributed by atoms with Crippen molar-refractivity contribution in [1.29, 1.82) is 0 Å². The molecule has 2 aromatic heterocycles. The summed E-state index contributed by atoms with van der Waals surface area (Å²) >= 11 is 0. The summed E-state index contributed by atoms with van der Waals surface area (Å²) in [5, 5.41) is 4.95. The molecule has 6 nitrogen and oxygen atoms in total. The summed E-state index contributed by atoms with van der Waals surface area (Å²) in [6.07, 6.45) is 3.02. The number of nitrogens with two attached hydrogens (primary N) is 1. The summed E-state index contributed by atoms with van der Waals surface area (Å²) in [6.45, 7) is 8.93. The molecule has 1 aliphatic rings. The molecule has 0 aromatic carbocycles. The molecule has 1 unspecified atom stereocenters. The largest absolute Gasteiger partial charge is 0.342 e. The van der Waals surface area contributed by atoms with Gasteiger partial charge in [-0.05, 0) is 37.2 Å². The highest BCUT2D eigenvalue weighted by atomic mass is 16.5. The predicted molar refractivity (Wildman–Crippen MR) is 102 cm³/mol. The van der Waals surface area contributed by atoms with Gasteiger partial charge in [-0.3, -0.25) is 4.79 Å². The summed E-state index contributed by atoms with van der Waals surface area (Å²) in [6, 6.07) is 2.04. The number of rotatable bonds is 7. The molecule has 0 saturated heterocycles. The Morgan fingerprint density at radius 3 is 2.62 bits per heavy atom. The van der Waals surface area contributed by atoms with E-state index < -0.39 is 0 Å². The fourth-order valence-corrected chi connectivity index (χ4v) is 3.13. The second kappa shape index (κ2) is 7.35. The van der Waals surface area contributed by atoms with Crippen molar-refractivity contribution in [3.05, 3.63) is 23.0 Å². The molecule has 1 amide bonds. The van der Waals surface area contributed by atoms with Gasteiger partial charge in [0.2, 0.25) is 0 Å². The highest BCUT2D eigenvalue weighted by Gasteiger charge is 2.30. The van der Waals surface area contributed by atoms with Gasteiger partial charge in [-0.1, -0.05) is 32.9 Å². The van der Waals surface area contributed by atoms with Crippen LogP contribution < -0.4 is 5.73 Å². The molecule has 2 N–H and O–H groups in total. The summed E-state index contributed by atoms with van der Waals surface area (Å²) < 4.78 is 5.48. The van der Waals surface area contributed by atoms with Gasteiger partial charge in [0, 0.05) is 31.2 Å². The minimum absolute atomic E-state index is 0.0136. The van der Waals surface area contributed by atoms with Gasteiger partial charge in [-0.2, -0.15) is 0 Å². The molecular weight excluding hydrogens is 328 g/mol. The van der Waals surface area contributed by atoms with Crippen molar-refractivity contribution in [2.45, 2.75) is 64.8 Å². The zero-order valence-corrected chi connectivity index (χ0v) is 16.5. The van der Waals surface area contributed by atoms with E-state index in [1.807, 2.05) is 27.0 Å². The molecule has 1 atom stereocenters. The van der Waals surface area contributed by atoms with Crippen molar-refractivity contribution in [3.63, 3.8) is 0 Å². The minimum Gasteiger partial charge on any atom is -0.342 e. The van der Waals surface area contributed by atoms with Gasteiger partial charge >= 0.3 is 0 Å². The number of fused-ring (bicyclic) bond motifs is 1. The summed E-state index contributed by atoms with van der Waals surface area (Å²) in [5.74, 6) is 0.993. The normalized spacial score (nSPS) is 15.8. The smallest absolute Gasteiger partial charge is 0.259 e. The number of pyridine rings is 1. The fourth-order valence-electron chi connectivity index (χ4n) is 3.13. The van der Waals surface area contributed by atoms with Crippen LogP contribution in [0.1, 0.15) is 80.5 Å². The molecule has 2 heterocycles. The third-order valence-electron chi connectivity index (χ3n) is 5.27. The van der Waals surface area contributed by atoms with Crippen molar-refractivity contribution in [3.8, 4) is 0 Å². The first-order valence-electron chi connectivity index (χ1n) is 9.60. The van der Waals surface area contributed by atoms with Gasteiger partial charge in [-0.25, -0.2) is 4.98 Å². The van der Waals surface area contributed by atoms with E-state index in [1.165, 1.54) is 0 Å². The van der Waals surface area contributed by atoms with Gasteiger partial charge in [0.25, 0.3) is 11.6 Å². The maximum absolute atomic E-state index is 13.2. The number of hydrogen-bond acceptors (Lipinski definition) is 5. The van der Waals surface area contributed by atoms with E-state index >= 15 is 0 Å². The molecule has 26 heavy (non-hydrogen) atoms. The van der Waals surface area contributed by atoms with Crippen molar-refractivity contribution >= 4 is 17.0 Å². The first-order chi connectivity index (χ1) is 12.3. The average molecular weight is 358 g/mol. The van der Waals surface area contributed by atoms with Gasteiger partial charge < -0.3 is 15.2 Å². The molecule has 1 fully saturated rings. The lowest BCUT2D eigenvalue weighted by Gasteiger charge is -2.22. The second-order valence-electron chi connectivity index (χ2n) is 8.19. The van der Waals surface area contributed by atoms with E-state index in [0.717, 1.165) is 36.0 Å². The predicted octanol–water partition coefficient (Wildman–Crippen LogP) is 3.67. The van der Waals surface area contributed by atoms with Crippen LogP contribution in [0.2, 0.25) is 0 Å². The SMILES string of the molecule is CC(C)c1noc2nc(C3CC3)cc(C(=O)N(C)CCC(N)C(C)C)c12. The molecular formula is C20H30N4O2. The quantitative estimate of drug-likeness (QED) is 0.816. The lowest BCUT2D eigenvalue weighted by molar-refractivity contribution is 0.0791. The Morgan fingerprint density at radius 1 is 1.35 bits per heavy atom. The molecule has 142 valence electrons. The molecule has 0 spiro atoms. The van der Waals surface area contributed by atoms with Crippen LogP contribution in [-0.2, 0) is 0 Å². The molecule has 0 bridgehead atoms. The third kappa shape index (κ3) is 3.75. The second-order valence-corrected chi connectivity index (χ2v) is 8.19. The van der Waals surface area contributed by atoms with Crippen molar-refractivity contribution in [2.24, 2.45) is 11.7 Å². The Bertz CT molecular complexity index is 792. The molecule has 6 heteroatoms. The zero-order valence-electron chi connectivity index (χ0n) is 16.5. The van der Waals surface area contributed by atoms with E-state index in [9.17, 15) is 4.79 Å². The van der Waals surface area contributed by atoms with Gasteiger partial charge in [0.15, 0.2) is 0 Å². The number of carbonyl (C=O) groups is 1. The third-order valence-corrected chi connectivity index (χ3v) is 5.27. The Morgan fingerprint density at radius 2 is 2.04 bits per heavy atom. The van der Waals surface area contributed by atoms with Crippen LogP contribution in [0.3, 0.4) is 0 Å². The molecule has 0 radical (unpaired) electrons. The standard InChI is InChI=1S/C20H30N4O2/c1-11(2)15(21)8-9-24(5)20(25)14-10-16(13-6-7-13)22-19-17(14)18(12(3)4)23-26-19/h10-13,15H,6-9,21H2,1-5H3. The highest BCUT2D eigenvalue weighted by Crippen LogP contribution is 2.41. The molecule has 1 aliphatic carbocycles. The number of hydrogen-bond donors (Lipinski definition) is 1. The van der Waals surface area contributed by atoms with Crippen LogP contribution >= 0.6 is 0 Å². The highest BCUT2D eigenvalue weighted by molar-refractivity contribution is 6.06. The van der Waals surface area contributed by atoms with Crippen LogP contribution in [0.15, 0.2) is 10.6 Å². The van der Waals surface area contributed by atoms with E-state index in [-0.39, 0.29) is 17.9 Å². The van der Waals surface area contributed by atoms with Gasteiger partial charge in [-0.15, -0.1) is 0 Å². The van der Waals surface area contributed by atoms with Crippen molar-refractivity contribution in [2.75, 3.05) is 13.6 Å². The lowest BCUT2D eigenvalue weighted by Crippen LogP contribution is -2.34. The minimum atomic E-state index is -0.0136. The molecule has 3 rings (SSSR count).